The molecule has 2 rings (SSSR count). The van der Waals surface area contributed by atoms with Crippen LogP contribution < -0.4 is 5.32 Å². The summed E-state index contributed by atoms with van der Waals surface area (Å²) in [4.78, 5) is 2.32. The lowest BCUT2D eigenvalue weighted by molar-refractivity contribution is 0.190. The minimum atomic E-state index is -0.274. The van der Waals surface area contributed by atoms with Crippen molar-refractivity contribution >= 4 is 17.3 Å². The summed E-state index contributed by atoms with van der Waals surface area (Å²) in [6.07, 6.45) is 2.03. The van der Waals surface area contributed by atoms with Gasteiger partial charge in [-0.25, -0.2) is 4.39 Å². The van der Waals surface area contributed by atoms with E-state index in [9.17, 15) is 4.39 Å². The van der Waals surface area contributed by atoms with E-state index in [0.29, 0.717) is 22.8 Å². The molecule has 1 aromatic rings. The lowest BCUT2D eigenvalue weighted by atomic mass is 9.98. The van der Waals surface area contributed by atoms with Crippen molar-refractivity contribution in [3.8, 4) is 0 Å². The molecule has 0 radical (unpaired) electrons. The minimum Gasteiger partial charge on any atom is -0.379 e. The Bertz CT molecular complexity index is 377. The lowest BCUT2D eigenvalue weighted by Gasteiger charge is -2.36. The number of benzene rings is 1. The predicted molar refractivity (Wildman–Crippen MR) is 70.1 cm³/mol. The summed E-state index contributed by atoms with van der Waals surface area (Å²) in [6.45, 7) is 3.22. The third kappa shape index (κ3) is 2.90. The zero-order valence-electron chi connectivity index (χ0n) is 10.2. The van der Waals surface area contributed by atoms with Crippen LogP contribution in [0.2, 0.25) is 5.02 Å². The first kappa shape index (κ1) is 12.7. The molecule has 0 aliphatic carbocycles. The van der Waals surface area contributed by atoms with E-state index in [2.05, 4.69) is 24.2 Å². The average molecular weight is 257 g/mol. The van der Waals surface area contributed by atoms with Crippen LogP contribution in [0, 0.1) is 5.82 Å². The van der Waals surface area contributed by atoms with E-state index in [4.69, 9.17) is 11.6 Å². The summed E-state index contributed by atoms with van der Waals surface area (Å²) < 4.78 is 13.6. The smallest absolute Gasteiger partial charge is 0.147 e. The SMILES string of the molecule is CC1CC(Nc2c(F)cccc2Cl)CCN1C. The number of para-hydroxylation sites is 1. The van der Waals surface area contributed by atoms with Crippen LogP contribution in [0.15, 0.2) is 18.2 Å². The van der Waals surface area contributed by atoms with Crippen molar-refractivity contribution in [1.29, 1.82) is 0 Å². The lowest BCUT2D eigenvalue weighted by Crippen LogP contribution is -2.42. The van der Waals surface area contributed by atoms with E-state index < -0.39 is 0 Å². The van der Waals surface area contributed by atoms with E-state index in [1.165, 1.54) is 6.07 Å². The first-order valence-electron chi connectivity index (χ1n) is 5.98. The summed E-state index contributed by atoms with van der Waals surface area (Å²) in [6, 6.07) is 5.60. The molecule has 0 spiro atoms. The Balaban J connectivity index is 2.06. The maximum atomic E-state index is 13.6. The highest BCUT2D eigenvalue weighted by Gasteiger charge is 2.23. The predicted octanol–water partition coefficient (Wildman–Crippen LogP) is 3.37. The standard InChI is InChI=1S/C13H18ClFN2/c1-9-8-10(6-7-17(9)2)16-13-11(14)4-3-5-12(13)15/h3-5,9-10,16H,6-8H2,1-2H3. The van der Waals surface area contributed by atoms with Crippen molar-refractivity contribution in [1.82, 2.24) is 4.90 Å². The highest BCUT2D eigenvalue weighted by Crippen LogP contribution is 2.28. The fourth-order valence-electron chi connectivity index (χ4n) is 2.26. The van der Waals surface area contributed by atoms with Crippen LogP contribution in [0.25, 0.3) is 0 Å². The normalized spacial score (nSPS) is 25.9. The topological polar surface area (TPSA) is 15.3 Å². The van der Waals surface area contributed by atoms with Crippen LogP contribution in [-0.2, 0) is 0 Å². The Morgan fingerprint density at radius 2 is 2.24 bits per heavy atom. The zero-order chi connectivity index (χ0) is 12.4. The molecule has 1 fully saturated rings. The van der Waals surface area contributed by atoms with Gasteiger partial charge >= 0.3 is 0 Å². The average Bonchev–Trinajstić information content (AvgIpc) is 2.28. The van der Waals surface area contributed by atoms with Gasteiger partial charge in [0.1, 0.15) is 5.82 Å². The number of halogens is 2. The number of hydrogen-bond acceptors (Lipinski definition) is 2. The van der Waals surface area contributed by atoms with Gasteiger partial charge < -0.3 is 10.2 Å². The molecule has 1 heterocycles. The fourth-order valence-corrected chi connectivity index (χ4v) is 2.48. The molecule has 2 atom stereocenters. The molecule has 17 heavy (non-hydrogen) atoms. The van der Waals surface area contributed by atoms with Crippen LogP contribution in [0.1, 0.15) is 19.8 Å². The largest absolute Gasteiger partial charge is 0.379 e. The number of nitrogens with one attached hydrogen (secondary N) is 1. The Labute approximate surface area is 107 Å². The molecule has 94 valence electrons. The molecular formula is C13H18ClFN2. The quantitative estimate of drug-likeness (QED) is 0.873. The summed E-state index contributed by atoms with van der Waals surface area (Å²) in [5.41, 5.74) is 0.441. The molecule has 1 N–H and O–H groups in total. The summed E-state index contributed by atoms with van der Waals surface area (Å²) in [5.74, 6) is -0.274. The molecule has 1 aliphatic heterocycles. The van der Waals surface area contributed by atoms with E-state index in [0.717, 1.165) is 19.4 Å². The second-order valence-electron chi connectivity index (χ2n) is 4.79. The van der Waals surface area contributed by atoms with Crippen LogP contribution in [0.5, 0.6) is 0 Å². The second-order valence-corrected chi connectivity index (χ2v) is 5.20. The minimum absolute atomic E-state index is 0.274. The van der Waals surface area contributed by atoms with Crippen molar-refractivity contribution in [3.05, 3.63) is 29.0 Å². The van der Waals surface area contributed by atoms with Crippen molar-refractivity contribution in [2.45, 2.75) is 31.8 Å². The fraction of sp³-hybridized carbons (Fsp3) is 0.538. The van der Waals surface area contributed by atoms with Crippen LogP contribution >= 0.6 is 11.6 Å². The molecule has 1 aliphatic rings. The van der Waals surface area contributed by atoms with Gasteiger partial charge in [0.05, 0.1) is 10.7 Å². The van der Waals surface area contributed by atoms with Crippen molar-refractivity contribution < 1.29 is 4.39 Å². The first-order valence-corrected chi connectivity index (χ1v) is 6.36. The number of nitrogens with zero attached hydrogens (tertiary/aromatic N) is 1. The summed E-state index contributed by atoms with van der Waals surface area (Å²) in [7, 11) is 2.12. The first-order chi connectivity index (χ1) is 8.08. The van der Waals surface area contributed by atoms with Gasteiger partial charge in [-0.2, -0.15) is 0 Å². The summed E-state index contributed by atoms with van der Waals surface area (Å²) >= 11 is 6.00. The molecular weight excluding hydrogens is 239 g/mol. The molecule has 0 bridgehead atoms. The third-order valence-corrected chi connectivity index (χ3v) is 3.83. The number of rotatable bonds is 2. The van der Waals surface area contributed by atoms with E-state index in [1.807, 2.05) is 0 Å². The highest BCUT2D eigenvalue weighted by atomic mass is 35.5. The van der Waals surface area contributed by atoms with Gasteiger partial charge in [0.15, 0.2) is 0 Å². The van der Waals surface area contributed by atoms with Gasteiger partial charge in [-0.05, 0) is 38.9 Å². The zero-order valence-corrected chi connectivity index (χ0v) is 11.0. The van der Waals surface area contributed by atoms with Crippen LogP contribution in [0.3, 0.4) is 0 Å². The van der Waals surface area contributed by atoms with Crippen LogP contribution in [0.4, 0.5) is 10.1 Å². The third-order valence-electron chi connectivity index (χ3n) is 3.52. The molecule has 0 saturated carbocycles. The molecule has 1 saturated heterocycles. The Hall–Kier alpha value is -0.800. The van der Waals surface area contributed by atoms with Gasteiger partial charge in [0, 0.05) is 18.6 Å². The van der Waals surface area contributed by atoms with Gasteiger partial charge in [0.2, 0.25) is 0 Å². The van der Waals surface area contributed by atoms with Gasteiger partial charge in [-0.1, -0.05) is 17.7 Å². The van der Waals surface area contributed by atoms with Gasteiger partial charge in [0.25, 0.3) is 0 Å². The summed E-state index contributed by atoms with van der Waals surface area (Å²) in [5, 5.41) is 3.69. The number of hydrogen-bond donors (Lipinski definition) is 1. The Morgan fingerprint density at radius 3 is 2.88 bits per heavy atom. The molecule has 0 aromatic heterocycles. The van der Waals surface area contributed by atoms with Gasteiger partial charge in [-0.15, -0.1) is 0 Å². The molecule has 2 nitrogen and oxygen atoms in total. The van der Waals surface area contributed by atoms with Crippen LogP contribution in [-0.4, -0.2) is 30.6 Å². The van der Waals surface area contributed by atoms with E-state index in [-0.39, 0.29) is 5.82 Å². The molecule has 4 heteroatoms. The number of piperidine rings is 1. The van der Waals surface area contributed by atoms with E-state index in [1.54, 1.807) is 12.1 Å². The molecule has 0 amide bonds. The van der Waals surface area contributed by atoms with Crippen molar-refractivity contribution in [3.63, 3.8) is 0 Å². The molecule has 2 unspecified atom stereocenters. The van der Waals surface area contributed by atoms with Gasteiger partial charge in [-0.3, -0.25) is 0 Å². The Morgan fingerprint density at radius 1 is 1.47 bits per heavy atom. The second kappa shape index (κ2) is 5.23. The maximum Gasteiger partial charge on any atom is 0.147 e. The van der Waals surface area contributed by atoms with Crippen molar-refractivity contribution in [2.75, 3.05) is 18.9 Å². The maximum absolute atomic E-state index is 13.6. The highest BCUT2D eigenvalue weighted by molar-refractivity contribution is 6.33. The molecule has 1 aromatic carbocycles. The monoisotopic (exact) mass is 256 g/mol. The number of likely N-dealkylation sites (tertiary alicyclic amines) is 1. The Kier molecular flexibility index (Phi) is 3.89. The number of anilines is 1. The van der Waals surface area contributed by atoms with Crippen molar-refractivity contribution in [2.24, 2.45) is 0 Å². The van der Waals surface area contributed by atoms with E-state index >= 15 is 0 Å².